The third-order valence-corrected chi connectivity index (χ3v) is 17.2. The Kier molecular flexibility index (Phi) is 7.71. The molecule has 2 aliphatic heterocycles. The molecule has 11 heteroatoms. The molecule has 0 unspecified atom stereocenters. The summed E-state index contributed by atoms with van der Waals surface area (Å²) in [6.07, 6.45) is -0.638. The molecule has 1 N–H and O–H groups in total. The van der Waals surface area contributed by atoms with Crippen LogP contribution in [0.4, 0.5) is 0 Å². The fraction of sp³-hybridized carbons (Fsp3) is 0.773. The monoisotopic (exact) mass is 495 g/mol. The largest absolute Gasteiger partial charge is 0.414 e. The number of H-pyrrole nitrogens is 1. The van der Waals surface area contributed by atoms with E-state index in [2.05, 4.69) is 65.4 Å². The van der Waals surface area contributed by atoms with Gasteiger partial charge in [-0.3, -0.25) is 19.3 Å². The van der Waals surface area contributed by atoms with E-state index in [1.165, 1.54) is 16.8 Å². The zero-order valence-electron chi connectivity index (χ0n) is 20.8. The summed E-state index contributed by atoms with van der Waals surface area (Å²) in [6, 6.07) is 0.478. The first-order chi connectivity index (χ1) is 15.4. The zero-order valence-corrected chi connectivity index (χ0v) is 22.8. The normalized spacial score (nSPS) is 29.3. The second kappa shape index (κ2) is 9.70. The maximum absolute atomic E-state index is 12.5. The van der Waals surface area contributed by atoms with E-state index < -0.39 is 52.8 Å². The number of ether oxygens (including phenoxy) is 1. The minimum absolute atomic E-state index is 0.116. The lowest BCUT2D eigenvalue weighted by Gasteiger charge is -2.51. The molecule has 1 aromatic rings. The van der Waals surface area contributed by atoms with Crippen molar-refractivity contribution in [2.45, 2.75) is 102 Å². The Labute approximate surface area is 198 Å². The van der Waals surface area contributed by atoms with Gasteiger partial charge in [-0.1, -0.05) is 55.4 Å². The molecule has 2 fully saturated rings. The van der Waals surface area contributed by atoms with Crippen LogP contribution in [0.2, 0.25) is 22.2 Å². The van der Waals surface area contributed by atoms with E-state index in [1.54, 1.807) is 0 Å². The molecular weight excluding hydrogens is 458 g/mol. The Balaban J connectivity index is 2.13. The quantitative estimate of drug-likeness (QED) is 0.480. The molecule has 33 heavy (non-hydrogen) atoms. The average Bonchev–Trinajstić information content (AvgIpc) is 3.03. The van der Waals surface area contributed by atoms with Gasteiger partial charge in [-0.05, 0) is 22.2 Å². The van der Waals surface area contributed by atoms with Crippen molar-refractivity contribution < 1.29 is 17.7 Å². The number of aromatic nitrogens is 2. The van der Waals surface area contributed by atoms with Gasteiger partial charge >= 0.3 is 22.8 Å². The van der Waals surface area contributed by atoms with Crippen LogP contribution in [0.5, 0.6) is 0 Å². The summed E-state index contributed by atoms with van der Waals surface area (Å²) >= 11 is 0. The zero-order chi connectivity index (χ0) is 24.7. The number of aliphatic imine (C=N–C) groups is 1. The van der Waals surface area contributed by atoms with Crippen molar-refractivity contribution in [2.75, 3.05) is 6.61 Å². The van der Waals surface area contributed by atoms with Crippen LogP contribution < -0.4 is 11.2 Å². The molecule has 2 radical (unpaired) electrons. The number of rotatable bonds is 6. The van der Waals surface area contributed by atoms with Gasteiger partial charge < -0.3 is 17.7 Å². The van der Waals surface area contributed by atoms with Gasteiger partial charge in [-0.2, -0.15) is 0 Å². The number of nitrogens with one attached hydrogen (secondary N) is 1. The van der Waals surface area contributed by atoms with E-state index in [1.807, 2.05) is 0 Å². The number of hydrogen-bond acceptors (Lipinski definition) is 7. The maximum Gasteiger partial charge on any atom is 0.335 e. The third-order valence-electron chi connectivity index (χ3n) is 6.92. The van der Waals surface area contributed by atoms with Gasteiger partial charge in [-0.15, -0.1) is 0 Å². The number of aromatic amines is 1. The maximum atomic E-state index is 12.5. The second-order valence-corrected chi connectivity index (χ2v) is 19.1. The van der Waals surface area contributed by atoms with Crippen LogP contribution in [-0.2, 0) is 17.7 Å². The Hall–Kier alpha value is -1.38. The minimum atomic E-state index is -2.91. The van der Waals surface area contributed by atoms with Gasteiger partial charge in [0.15, 0.2) is 6.23 Å². The first-order valence-corrected chi connectivity index (χ1v) is 15.7. The Morgan fingerprint density at radius 3 is 2.09 bits per heavy atom. The first-order valence-electron chi connectivity index (χ1n) is 11.7. The average molecular weight is 496 g/mol. The van der Waals surface area contributed by atoms with Crippen LogP contribution in [0, 0.1) is 0 Å². The molecule has 0 spiro atoms. The summed E-state index contributed by atoms with van der Waals surface area (Å²) in [4.78, 5) is 30.1. The Morgan fingerprint density at radius 2 is 1.61 bits per heavy atom. The summed E-state index contributed by atoms with van der Waals surface area (Å²) in [5, 5.41) is 0. The highest BCUT2D eigenvalue weighted by Gasteiger charge is 2.61. The van der Waals surface area contributed by atoms with Crippen molar-refractivity contribution in [2.24, 2.45) is 4.99 Å². The summed E-state index contributed by atoms with van der Waals surface area (Å²) < 4.78 is 28.3. The van der Waals surface area contributed by atoms with Crippen LogP contribution in [-0.4, -0.2) is 58.2 Å². The van der Waals surface area contributed by atoms with Crippen molar-refractivity contribution in [3.8, 4) is 0 Å². The highest BCUT2D eigenvalue weighted by atomic mass is 28.5. The lowest BCUT2D eigenvalue weighted by Crippen LogP contribution is -2.65. The van der Waals surface area contributed by atoms with Crippen molar-refractivity contribution in [1.82, 2.24) is 9.55 Å². The van der Waals surface area contributed by atoms with Gasteiger partial charge in [0.05, 0.1) is 6.61 Å². The van der Waals surface area contributed by atoms with Crippen molar-refractivity contribution in [1.29, 1.82) is 0 Å². The smallest absolute Gasteiger partial charge is 0.335 e. The molecule has 4 atom stereocenters. The topological polar surface area (TPSA) is 104 Å². The molecule has 9 nitrogen and oxygen atoms in total. The van der Waals surface area contributed by atoms with E-state index in [9.17, 15) is 9.59 Å². The van der Waals surface area contributed by atoms with Gasteiger partial charge in [0.25, 0.3) is 5.56 Å². The molecule has 3 heterocycles. The van der Waals surface area contributed by atoms with E-state index in [4.69, 9.17) is 24.4 Å². The lowest BCUT2D eigenvalue weighted by molar-refractivity contribution is -0.0567. The fourth-order valence-electron chi connectivity index (χ4n) is 5.13. The molecule has 0 amide bonds. The van der Waals surface area contributed by atoms with Gasteiger partial charge in [0.1, 0.15) is 25.0 Å². The van der Waals surface area contributed by atoms with Crippen LogP contribution in [0.1, 0.15) is 61.6 Å². The molecule has 0 saturated carbocycles. The second-order valence-electron chi connectivity index (χ2n) is 10.3. The van der Waals surface area contributed by atoms with E-state index >= 15 is 0 Å². The Morgan fingerprint density at radius 1 is 1.03 bits per heavy atom. The fourth-order valence-corrected chi connectivity index (χ4v) is 16.3. The highest BCUT2D eigenvalue weighted by molar-refractivity contribution is 6.83. The van der Waals surface area contributed by atoms with Crippen molar-refractivity contribution in [3.05, 3.63) is 33.1 Å². The standard InChI is InChI=1S/C22H37N3O6Si2/c1-13(2)32(14(3)4)28-12-17-20(30-33(31-32,15(5)6)16(7)8)19(23-9)21(29-17)25-11-10-18(26)24-22(25)27/h10-11,13-17,19-21H,12H2,1-8H3,(H,24,26,27)/t17-,19-,20-,21-/m1/s1. The molecule has 184 valence electrons. The van der Waals surface area contributed by atoms with Crippen LogP contribution >= 0.6 is 0 Å². The molecule has 1 aromatic heterocycles. The molecule has 0 aromatic carbocycles. The molecule has 2 saturated heterocycles. The van der Waals surface area contributed by atoms with Crippen LogP contribution in [0.25, 0.3) is 0 Å². The van der Waals surface area contributed by atoms with E-state index in [0.29, 0.717) is 0 Å². The molecular formula is C22H37N3O6Si2. The van der Waals surface area contributed by atoms with Crippen LogP contribution in [0.15, 0.2) is 26.8 Å². The molecule has 2 aliphatic rings. The molecule has 0 bridgehead atoms. The number of nitrogens with zero attached hydrogens (tertiary/aromatic N) is 2. The van der Waals surface area contributed by atoms with E-state index in [-0.39, 0.29) is 28.8 Å². The SMILES string of the molecule is [C]=N[C@@H]1[C@@H]2O[Si](C(C)C)(C(C)C)O[Si](C(C)C)(C(C)C)OC[C@H]2O[C@H]1n1ccc(=O)[nH]c1=O. The summed E-state index contributed by atoms with van der Waals surface area (Å²) in [5.41, 5.74) is -0.494. The van der Waals surface area contributed by atoms with Crippen LogP contribution in [0.3, 0.4) is 0 Å². The summed E-state index contributed by atoms with van der Waals surface area (Å²) in [7, 11) is -5.64. The molecule has 0 aliphatic carbocycles. The Bertz CT molecular complexity index is 944. The highest BCUT2D eigenvalue weighted by Crippen LogP contribution is 2.48. The van der Waals surface area contributed by atoms with Crippen molar-refractivity contribution >= 4 is 23.8 Å². The van der Waals surface area contributed by atoms with Gasteiger partial charge in [0.2, 0.25) is 0 Å². The van der Waals surface area contributed by atoms with Gasteiger partial charge in [0, 0.05) is 12.3 Å². The predicted molar refractivity (Wildman–Crippen MR) is 130 cm³/mol. The number of hydrogen-bond donors (Lipinski definition) is 1. The number of fused-ring (bicyclic) bond motifs is 1. The van der Waals surface area contributed by atoms with Crippen molar-refractivity contribution in [3.63, 3.8) is 0 Å². The van der Waals surface area contributed by atoms with E-state index in [0.717, 1.165) is 0 Å². The minimum Gasteiger partial charge on any atom is -0.414 e. The predicted octanol–water partition coefficient (Wildman–Crippen LogP) is 3.21. The summed E-state index contributed by atoms with van der Waals surface area (Å²) in [5.74, 6) is 0. The third kappa shape index (κ3) is 4.51. The molecule has 3 rings (SSSR count). The summed E-state index contributed by atoms with van der Waals surface area (Å²) in [6.45, 7) is 25.2. The first kappa shape index (κ1) is 26.2. The lowest BCUT2D eigenvalue weighted by atomic mass is 10.1. The van der Waals surface area contributed by atoms with Gasteiger partial charge in [-0.25, -0.2) is 4.79 Å².